The van der Waals surface area contributed by atoms with Crippen molar-refractivity contribution in [1.82, 2.24) is 0 Å². The molecule has 0 aliphatic rings. The minimum atomic E-state index is -1.19. The minimum absolute atomic E-state index is 0.981. The van der Waals surface area contributed by atoms with E-state index >= 15 is 0 Å². The van der Waals surface area contributed by atoms with Crippen LogP contribution in [-0.4, -0.2) is 271 Å². The van der Waals surface area contributed by atoms with Crippen LogP contribution in [0.5, 0.6) is 0 Å². The van der Waals surface area contributed by atoms with E-state index in [9.17, 15) is 0 Å². The molecule has 0 bridgehead atoms. The van der Waals surface area contributed by atoms with Crippen LogP contribution in [0.2, 0.25) is 5.62 Å². The molecule has 0 N–H and O–H groups in total. The Balaban J connectivity index is 8.23. The highest BCUT2D eigenvalue weighted by Gasteiger charge is 2.55. The molecule has 0 aromatic heterocycles. The summed E-state index contributed by atoms with van der Waals surface area (Å²) in [6.45, 7) is -3.01. The summed E-state index contributed by atoms with van der Waals surface area (Å²) in [6.07, 6.45) is -15.7. The van der Waals surface area contributed by atoms with E-state index in [0.717, 1.165) is 0 Å². The first-order chi connectivity index (χ1) is 17.8. The molecular formula is CHB38. The van der Waals surface area contributed by atoms with Gasteiger partial charge in [-0.25, -0.2) is 0 Å². The van der Waals surface area contributed by atoms with Gasteiger partial charge in [-0.1, -0.05) is 0 Å². The normalized spacial score (nSPS) is 9.77. The molecule has 0 unspecified atom stereocenters. The second-order valence-corrected chi connectivity index (χ2v) is 10.6. The monoisotopic (exact) mass is 431 g/mol. The zero-order valence-corrected chi connectivity index (χ0v) is 22.5. The molecule has 0 aromatic rings. The molecule has 41 radical (unpaired) electrons. The van der Waals surface area contributed by atoms with Crippen LogP contribution in [0.4, 0.5) is 0 Å². The third kappa shape index (κ3) is 11.4. The molecule has 0 aliphatic carbocycles. The van der Waals surface area contributed by atoms with E-state index in [1.165, 1.54) is 7.06 Å². The highest BCUT2D eigenvalue weighted by Crippen LogP contribution is 2.29. The molecule has 0 amide bonds. The predicted molar refractivity (Wildman–Crippen MR) is 222 cm³/mol. The van der Waals surface area contributed by atoms with Crippen LogP contribution in [0.1, 0.15) is 0 Å². The third-order valence-corrected chi connectivity index (χ3v) is 7.78. The van der Waals surface area contributed by atoms with Gasteiger partial charge in [0, 0.05) is 271 Å². The fourth-order valence-corrected chi connectivity index (χ4v) is 6.29. The third-order valence-electron chi connectivity index (χ3n) is 7.78. The van der Waals surface area contributed by atoms with Crippen molar-refractivity contribution in [3.8, 4) is 0 Å². The van der Waals surface area contributed by atoms with E-state index in [1.54, 1.807) is 0 Å². The first kappa shape index (κ1) is 41.5. The van der Waals surface area contributed by atoms with E-state index in [1.807, 2.05) is 0 Å². The van der Waals surface area contributed by atoms with Gasteiger partial charge in [-0.3, -0.25) is 0 Å². The van der Waals surface area contributed by atoms with Crippen LogP contribution in [0.25, 0.3) is 0 Å². The quantitative estimate of drug-likeness (QED) is 0.192. The van der Waals surface area contributed by atoms with Crippen molar-refractivity contribution in [2.45, 2.75) is 5.62 Å². The molecule has 0 atom stereocenters. The topological polar surface area (TPSA) is 0 Å². The van der Waals surface area contributed by atoms with Gasteiger partial charge in [0.25, 0.3) is 0 Å². The molecule has 0 rings (SSSR count). The lowest BCUT2D eigenvalue weighted by Crippen LogP contribution is -2.85. The highest BCUT2D eigenvalue weighted by atomic mass is 13.7. The van der Waals surface area contributed by atoms with Gasteiger partial charge < -0.3 is 0 Å². The Hall–Kier alpha value is 2.47. The molecule has 0 nitrogen and oxygen atoms in total. The zero-order valence-electron chi connectivity index (χ0n) is 22.5. The number of hydrogen-bond acceptors (Lipinski definition) is 0. The highest BCUT2D eigenvalue weighted by molar-refractivity contribution is 8.14. The summed E-state index contributed by atoms with van der Waals surface area (Å²) >= 11 is 0. The first-order valence-electron chi connectivity index (χ1n) is 12.7. The van der Waals surface area contributed by atoms with Gasteiger partial charge in [0.2, 0.25) is 0 Å². The second-order valence-electron chi connectivity index (χ2n) is 10.6. The van der Waals surface area contributed by atoms with Gasteiger partial charge in [-0.05, 0) is 0 Å². The maximum atomic E-state index is 6.46. The van der Waals surface area contributed by atoms with Gasteiger partial charge in [0.1, 0.15) is 0 Å². The van der Waals surface area contributed by atoms with Crippen molar-refractivity contribution in [2.24, 2.45) is 0 Å². The number of hydrogen-bond donors (Lipinski definition) is 0. The largest absolute Gasteiger partial charge is 0.146 e. The van der Waals surface area contributed by atoms with E-state index in [4.69, 9.17) is 155 Å². The summed E-state index contributed by atoms with van der Waals surface area (Å²) in [5.41, 5.74) is -1.02. The molecule has 119 valence electrons. The Bertz CT molecular complexity index is 509. The summed E-state index contributed by atoms with van der Waals surface area (Å²) in [5, 5.41) is 0. The predicted octanol–water partition coefficient (Wildman–Crippen LogP) is -14.1. The Morgan fingerprint density at radius 2 is 0.513 bits per heavy atom. The van der Waals surface area contributed by atoms with E-state index in [-0.39, 0.29) is 0 Å². The van der Waals surface area contributed by atoms with Gasteiger partial charge in [-0.15, -0.1) is 5.62 Å². The Labute approximate surface area is 274 Å². The van der Waals surface area contributed by atoms with Crippen molar-refractivity contribution < 1.29 is 0 Å². The molecule has 0 fully saturated rings. The van der Waals surface area contributed by atoms with Gasteiger partial charge in [0.05, 0.1) is 0 Å². The summed E-state index contributed by atoms with van der Waals surface area (Å²) in [7, 11) is 126. The molecule has 0 aromatic carbocycles. The van der Waals surface area contributed by atoms with E-state index in [2.05, 4.69) is 0 Å². The minimum Gasteiger partial charge on any atom is -0.146 e. The molecular weight excluding hydrogens is 423 g/mol. The lowest BCUT2D eigenvalue weighted by atomic mass is 8.39. The Kier molecular flexibility index (Phi) is 20.3. The summed E-state index contributed by atoms with van der Waals surface area (Å²) < 4.78 is 0. The average molecular weight is 424 g/mol. The molecule has 0 saturated heterocycles. The second kappa shape index (κ2) is 19.1. The molecule has 38 heteroatoms. The van der Waals surface area contributed by atoms with Gasteiger partial charge in [0.15, 0.2) is 0 Å². The van der Waals surface area contributed by atoms with Crippen LogP contribution in [0.15, 0.2) is 0 Å². The SMILES string of the molecule is [B][B]B([B])B(B([B])[B])C(B(B(B([B])[B])B([B])[B])B(B([B])[B])B([B])[B])B(B(B([B])[B])B([B])[B])B(B([B])[B])B([B])[B]. The van der Waals surface area contributed by atoms with Crippen molar-refractivity contribution in [1.29, 1.82) is 0 Å². The Morgan fingerprint density at radius 1 is 0.308 bits per heavy atom. The van der Waals surface area contributed by atoms with Crippen molar-refractivity contribution in [2.75, 3.05) is 0 Å². The van der Waals surface area contributed by atoms with E-state index < -0.39 is 114 Å². The smallest absolute Gasteiger partial charge is 0.0294 e. The standard InChI is InChI=1S/CHB38/c2-22-35(21)23(26(3)4)1(24(36(27(5)6)28(7)8)37(29(9)10)30(11)12)25(38(31(13)14)32(15)16)39(33(17)18)34(19)20/h1H. The summed E-state index contributed by atoms with van der Waals surface area (Å²) in [4.78, 5) is 0. The number of rotatable bonds is 18. The van der Waals surface area contributed by atoms with Crippen molar-refractivity contribution in [3.63, 3.8) is 0 Å². The van der Waals surface area contributed by atoms with Crippen LogP contribution in [0.3, 0.4) is 0 Å². The maximum absolute atomic E-state index is 6.46. The first-order valence-corrected chi connectivity index (χ1v) is 12.7. The summed E-state index contributed by atoms with van der Waals surface area (Å²) in [5.74, 6) is 0. The van der Waals surface area contributed by atoms with E-state index in [0.29, 0.717) is 0 Å². The van der Waals surface area contributed by atoms with Crippen LogP contribution in [0, 0.1) is 0 Å². The maximum Gasteiger partial charge on any atom is 0.0294 e. The fourth-order valence-electron chi connectivity index (χ4n) is 6.29. The molecule has 0 heterocycles. The lowest BCUT2D eigenvalue weighted by molar-refractivity contribution is 1.80. The van der Waals surface area contributed by atoms with Crippen LogP contribution < -0.4 is 0 Å². The van der Waals surface area contributed by atoms with Gasteiger partial charge in [-0.2, -0.15) is 0 Å². The summed E-state index contributed by atoms with van der Waals surface area (Å²) in [6, 6.07) is 0. The molecule has 0 saturated carbocycles. The van der Waals surface area contributed by atoms with Crippen LogP contribution >= 0.6 is 0 Å². The van der Waals surface area contributed by atoms with Crippen LogP contribution in [-0.2, 0) is 0 Å². The van der Waals surface area contributed by atoms with Crippen molar-refractivity contribution >= 4 is 271 Å². The molecule has 0 aliphatic heterocycles. The Morgan fingerprint density at radius 3 is 0.641 bits per heavy atom. The lowest BCUT2D eigenvalue weighted by Gasteiger charge is -2.55. The zero-order chi connectivity index (χ0) is 31.1. The van der Waals surface area contributed by atoms with Gasteiger partial charge >= 0.3 is 0 Å². The van der Waals surface area contributed by atoms with Crippen molar-refractivity contribution in [3.05, 3.63) is 0 Å². The molecule has 0 spiro atoms. The average Bonchev–Trinajstić information content (AvgIpc) is 2.73. The fraction of sp³-hybridized carbons (Fsp3) is 1.00. The molecule has 39 heavy (non-hydrogen) atoms.